The van der Waals surface area contributed by atoms with Crippen LogP contribution in [-0.4, -0.2) is 49.9 Å². The van der Waals surface area contributed by atoms with Crippen LogP contribution >= 0.6 is 0 Å². The highest BCUT2D eigenvalue weighted by Gasteiger charge is 2.28. The van der Waals surface area contributed by atoms with Gasteiger partial charge in [0.05, 0.1) is 0 Å². The van der Waals surface area contributed by atoms with E-state index in [4.69, 9.17) is 0 Å². The molecule has 1 aliphatic heterocycles. The molecule has 5 heteroatoms. The molecule has 0 aromatic carbocycles. The van der Waals surface area contributed by atoms with Crippen LogP contribution < -0.4 is 10.6 Å². The minimum atomic E-state index is -0.134. The molecule has 0 radical (unpaired) electrons. The molecule has 0 spiro atoms. The summed E-state index contributed by atoms with van der Waals surface area (Å²) in [6.45, 7) is 5.20. The molecule has 0 aromatic rings. The van der Waals surface area contributed by atoms with Crippen LogP contribution in [0.3, 0.4) is 0 Å². The lowest BCUT2D eigenvalue weighted by atomic mass is 9.96. The highest BCUT2D eigenvalue weighted by atomic mass is 16.2. The van der Waals surface area contributed by atoms with Crippen LogP contribution in [0.25, 0.3) is 0 Å². The smallest absolute Gasteiger partial charge is 0.223 e. The molecule has 98 valence electrons. The van der Waals surface area contributed by atoms with Gasteiger partial charge in [-0.05, 0) is 19.4 Å². The quantitative estimate of drug-likeness (QED) is 0.642. The van der Waals surface area contributed by atoms with Crippen molar-refractivity contribution in [3.63, 3.8) is 0 Å². The number of nitrogens with zero attached hydrogens (tertiary/aromatic N) is 1. The van der Waals surface area contributed by atoms with Crippen molar-refractivity contribution in [2.75, 3.05) is 33.2 Å². The fourth-order valence-corrected chi connectivity index (χ4v) is 1.89. The van der Waals surface area contributed by atoms with Crippen LogP contribution in [0.5, 0.6) is 0 Å². The molecule has 0 aromatic heterocycles. The number of carbonyl (C=O) groups excluding carboxylic acids is 2. The van der Waals surface area contributed by atoms with Gasteiger partial charge in [-0.1, -0.05) is 6.92 Å². The number of rotatable bonds is 6. The van der Waals surface area contributed by atoms with Gasteiger partial charge in [0.25, 0.3) is 0 Å². The maximum Gasteiger partial charge on any atom is 0.223 e. The van der Waals surface area contributed by atoms with E-state index in [0.29, 0.717) is 19.5 Å². The molecule has 5 nitrogen and oxygen atoms in total. The summed E-state index contributed by atoms with van der Waals surface area (Å²) < 4.78 is 0. The fraction of sp³-hybridized carbons (Fsp3) is 0.833. The predicted octanol–water partition coefficient (Wildman–Crippen LogP) is -0.0294. The van der Waals surface area contributed by atoms with Crippen molar-refractivity contribution in [2.45, 2.75) is 26.2 Å². The summed E-state index contributed by atoms with van der Waals surface area (Å²) in [5.41, 5.74) is 0. The molecule has 0 aliphatic carbocycles. The molecule has 2 N–H and O–H groups in total. The van der Waals surface area contributed by atoms with Crippen molar-refractivity contribution in [3.05, 3.63) is 0 Å². The summed E-state index contributed by atoms with van der Waals surface area (Å²) in [7, 11) is 1.78. The lowest BCUT2D eigenvalue weighted by Crippen LogP contribution is -2.43. The lowest BCUT2D eigenvalue weighted by molar-refractivity contribution is -0.139. The monoisotopic (exact) mass is 241 g/mol. The van der Waals surface area contributed by atoms with E-state index >= 15 is 0 Å². The second-order valence-electron chi connectivity index (χ2n) is 4.55. The lowest BCUT2D eigenvalue weighted by Gasteiger charge is -2.27. The van der Waals surface area contributed by atoms with Crippen LogP contribution in [0.1, 0.15) is 26.2 Å². The highest BCUT2D eigenvalue weighted by Crippen LogP contribution is 2.16. The van der Waals surface area contributed by atoms with E-state index in [1.807, 2.05) is 0 Å². The Balaban J connectivity index is 2.17. The minimum absolute atomic E-state index is 0.0183. The van der Waals surface area contributed by atoms with E-state index in [0.717, 1.165) is 25.9 Å². The first-order valence-corrected chi connectivity index (χ1v) is 6.37. The van der Waals surface area contributed by atoms with Crippen LogP contribution in [0.2, 0.25) is 0 Å². The number of carbonyl (C=O) groups is 2. The van der Waals surface area contributed by atoms with Gasteiger partial charge in [-0.3, -0.25) is 9.59 Å². The second kappa shape index (κ2) is 7.27. The zero-order valence-electron chi connectivity index (χ0n) is 10.8. The Kier molecular flexibility index (Phi) is 5.97. The van der Waals surface area contributed by atoms with Gasteiger partial charge < -0.3 is 15.5 Å². The van der Waals surface area contributed by atoms with Crippen LogP contribution in [0.15, 0.2) is 0 Å². The van der Waals surface area contributed by atoms with E-state index in [1.54, 1.807) is 11.9 Å². The van der Waals surface area contributed by atoms with E-state index in [-0.39, 0.29) is 17.7 Å². The van der Waals surface area contributed by atoms with Crippen LogP contribution in [0, 0.1) is 5.92 Å². The average molecular weight is 241 g/mol. The molecule has 1 rings (SSSR count). The summed E-state index contributed by atoms with van der Waals surface area (Å²) in [6, 6.07) is 0. The maximum atomic E-state index is 11.8. The molecule has 1 unspecified atom stereocenters. The summed E-state index contributed by atoms with van der Waals surface area (Å²) >= 11 is 0. The van der Waals surface area contributed by atoms with Crippen molar-refractivity contribution in [1.29, 1.82) is 0 Å². The normalized spacial score (nSPS) is 20.5. The Labute approximate surface area is 103 Å². The molecule has 1 fully saturated rings. The maximum absolute atomic E-state index is 11.8. The largest absolute Gasteiger partial charge is 0.355 e. The molecule has 1 atom stereocenters. The number of nitrogens with one attached hydrogen (secondary N) is 2. The number of likely N-dealkylation sites (tertiary alicyclic amines) is 1. The van der Waals surface area contributed by atoms with Gasteiger partial charge in [0.2, 0.25) is 11.8 Å². The Bertz CT molecular complexity index is 268. The van der Waals surface area contributed by atoms with Crippen molar-refractivity contribution < 1.29 is 9.59 Å². The summed E-state index contributed by atoms with van der Waals surface area (Å²) in [6.07, 6.45) is 2.22. The molecule has 1 saturated heterocycles. The van der Waals surface area contributed by atoms with E-state index < -0.39 is 0 Å². The predicted molar refractivity (Wildman–Crippen MR) is 66.5 cm³/mol. The number of amides is 2. The molecule has 1 aliphatic rings. The summed E-state index contributed by atoms with van der Waals surface area (Å²) in [5.74, 6) is -0.0462. The topological polar surface area (TPSA) is 61.4 Å². The Hall–Kier alpha value is -1.10. The molecular weight excluding hydrogens is 218 g/mol. The van der Waals surface area contributed by atoms with Gasteiger partial charge in [0, 0.05) is 39.0 Å². The van der Waals surface area contributed by atoms with Gasteiger partial charge in [-0.25, -0.2) is 0 Å². The van der Waals surface area contributed by atoms with E-state index in [9.17, 15) is 9.59 Å². The number of hydrogen-bond acceptors (Lipinski definition) is 3. The standard InChI is InChI=1S/C12H23N3O2/c1-3-5-13-6-7-14-12(17)10-4-8-15(2)11(16)9-10/h10,13H,3-9H2,1-2H3,(H,14,17). The van der Waals surface area contributed by atoms with Crippen molar-refractivity contribution in [1.82, 2.24) is 15.5 Å². The first-order valence-electron chi connectivity index (χ1n) is 6.37. The van der Waals surface area contributed by atoms with Crippen molar-refractivity contribution >= 4 is 11.8 Å². The molecule has 17 heavy (non-hydrogen) atoms. The molecular formula is C12H23N3O2. The van der Waals surface area contributed by atoms with E-state index in [1.165, 1.54) is 0 Å². The van der Waals surface area contributed by atoms with Gasteiger partial charge in [0.15, 0.2) is 0 Å². The number of piperidine rings is 1. The van der Waals surface area contributed by atoms with Crippen molar-refractivity contribution in [3.8, 4) is 0 Å². The van der Waals surface area contributed by atoms with Crippen LogP contribution in [-0.2, 0) is 9.59 Å². The third kappa shape index (κ3) is 4.73. The Morgan fingerprint density at radius 1 is 1.41 bits per heavy atom. The molecule has 1 heterocycles. The fourth-order valence-electron chi connectivity index (χ4n) is 1.89. The van der Waals surface area contributed by atoms with Gasteiger partial charge in [0.1, 0.15) is 0 Å². The Morgan fingerprint density at radius 3 is 2.82 bits per heavy atom. The van der Waals surface area contributed by atoms with Gasteiger partial charge in [-0.2, -0.15) is 0 Å². The number of hydrogen-bond donors (Lipinski definition) is 2. The van der Waals surface area contributed by atoms with Crippen molar-refractivity contribution in [2.24, 2.45) is 5.92 Å². The Morgan fingerprint density at radius 2 is 2.18 bits per heavy atom. The zero-order valence-corrected chi connectivity index (χ0v) is 10.8. The summed E-state index contributed by atoms with van der Waals surface area (Å²) in [4.78, 5) is 24.9. The second-order valence-corrected chi connectivity index (χ2v) is 4.55. The van der Waals surface area contributed by atoms with Gasteiger partial charge >= 0.3 is 0 Å². The zero-order chi connectivity index (χ0) is 12.7. The van der Waals surface area contributed by atoms with Crippen LogP contribution in [0.4, 0.5) is 0 Å². The third-order valence-electron chi connectivity index (χ3n) is 3.06. The summed E-state index contributed by atoms with van der Waals surface area (Å²) in [5, 5.41) is 6.09. The molecule has 0 saturated carbocycles. The first kappa shape index (κ1) is 14.0. The van der Waals surface area contributed by atoms with Gasteiger partial charge in [-0.15, -0.1) is 0 Å². The first-order chi connectivity index (χ1) is 8.15. The molecule has 2 amide bonds. The minimum Gasteiger partial charge on any atom is -0.355 e. The van der Waals surface area contributed by atoms with E-state index in [2.05, 4.69) is 17.6 Å². The highest BCUT2D eigenvalue weighted by molar-refractivity contribution is 5.86. The average Bonchev–Trinajstić information content (AvgIpc) is 2.32. The third-order valence-corrected chi connectivity index (χ3v) is 3.06. The SMILES string of the molecule is CCCNCCNC(=O)C1CCN(C)C(=O)C1. The molecule has 0 bridgehead atoms.